The average Bonchev–Trinajstić information content (AvgIpc) is 2.97. The highest BCUT2D eigenvalue weighted by molar-refractivity contribution is 5.51. The van der Waals surface area contributed by atoms with E-state index in [0.717, 1.165) is 41.9 Å². The van der Waals surface area contributed by atoms with Crippen LogP contribution in [0.25, 0.3) is 0 Å². The van der Waals surface area contributed by atoms with Crippen LogP contribution < -0.4 is 15.2 Å². The monoisotopic (exact) mass is 221 g/mol. The fourth-order valence-corrected chi connectivity index (χ4v) is 2.06. The Morgan fingerprint density at radius 1 is 1.25 bits per heavy atom. The van der Waals surface area contributed by atoms with Crippen molar-refractivity contribution in [2.45, 2.75) is 31.7 Å². The molecule has 0 aliphatic heterocycles. The van der Waals surface area contributed by atoms with Crippen LogP contribution in [-0.2, 0) is 6.42 Å². The van der Waals surface area contributed by atoms with E-state index in [1.807, 2.05) is 19.1 Å². The lowest BCUT2D eigenvalue weighted by molar-refractivity contribution is 0.380. The van der Waals surface area contributed by atoms with Gasteiger partial charge in [0, 0.05) is 11.1 Å². The Labute approximate surface area is 96.5 Å². The van der Waals surface area contributed by atoms with E-state index in [1.54, 1.807) is 14.2 Å². The van der Waals surface area contributed by atoms with Crippen molar-refractivity contribution in [1.82, 2.24) is 0 Å². The summed E-state index contributed by atoms with van der Waals surface area (Å²) in [6, 6.07) is 4.00. The molecular formula is C13H19NO2. The Morgan fingerprint density at radius 2 is 1.94 bits per heavy atom. The predicted molar refractivity (Wildman–Crippen MR) is 64.1 cm³/mol. The van der Waals surface area contributed by atoms with Crippen LogP contribution in [0, 0.1) is 6.92 Å². The van der Waals surface area contributed by atoms with Crippen molar-refractivity contribution in [3.8, 4) is 11.5 Å². The second kappa shape index (κ2) is 3.98. The van der Waals surface area contributed by atoms with E-state index >= 15 is 0 Å². The second-order valence-electron chi connectivity index (χ2n) is 4.64. The highest BCUT2D eigenvalue weighted by Crippen LogP contribution is 2.41. The molecule has 0 radical (unpaired) electrons. The summed E-state index contributed by atoms with van der Waals surface area (Å²) in [6.07, 6.45) is 3.02. The standard InChI is InChI=1S/C13H19NO2/c1-9-4-5-11(15-2)10(12(9)16-3)8-13(14)6-7-13/h4-5H,6-8,14H2,1-3H3. The molecule has 0 atom stereocenters. The molecule has 0 spiro atoms. The van der Waals surface area contributed by atoms with E-state index in [0.29, 0.717) is 0 Å². The molecule has 0 amide bonds. The number of nitrogens with two attached hydrogens (primary N) is 1. The van der Waals surface area contributed by atoms with Gasteiger partial charge in [-0.2, -0.15) is 0 Å². The van der Waals surface area contributed by atoms with Crippen molar-refractivity contribution in [3.05, 3.63) is 23.3 Å². The molecule has 0 heterocycles. The molecular weight excluding hydrogens is 202 g/mol. The van der Waals surface area contributed by atoms with E-state index in [9.17, 15) is 0 Å². The molecule has 1 aromatic carbocycles. The topological polar surface area (TPSA) is 44.5 Å². The van der Waals surface area contributed by atoms with Crippen LogP contribution in [0.15, 0.2) is 12.1 Å². The molecule has 0 bridgehead atoms. The van der Waals surface area contributed by atoms with Crippen LogP contribution in [0.4, 0.5) is 0 Å². The Morgan fingerprint density at radius 3 is 2.44 bits per heavy atom. The summed E-state index contributed by atoms with van der Waals surface area (Å²) in [5.74, 6) is 1.79. The van der Waals surface area contributed by atoms with Gasteiger partial charge in [-0.15, -0.1) is 0 Å². The summed E-state index contributed by atoms with van der Waals surface area (Å²) in [5.41, 5.74) is 8.36. The summed E-state index contributed by atoms with van der Waals surface area (Å²) < 4.78 is 10.8. The zero-order valence-corrected chi connectivity index (χ0v) is 10.2. The van der Waals surface area contributed by atoms with Crippen LogP contribution >= 0.6 is 0 Å². The third kappa shape index (κ3) is 2.00. The molecule has 16 heavy (non-hydrogen) atoms. The fraction of sp³-hybridized carbons (Fsp3) is 0.538. The van der Waals surface area contributed by atoms with Crippen LogP contribution in [0.5, 0.6) is 11.5 Å². The maximum Gasteiger partial charge on any atom is 0.128 e. The van der Waals surface area contributed by atoms with E-state index in [1.165, 1.54) is 0 Å². The van der Waals surface area contributed by atoms with E-state index in [-0.39, 0.29) is 5.54 Å². The molecule has 2 rings (SSSR count). The molecule has 1 aromatic rings. The Kier molecular flexibility index (Phi) is 2.80. The minimum atomic E-state index is -0.0334. The van der Waals surface area contributed by atoms with Gasteiger partial charge in [-0.25, -0.2) is 0 Å². The molecule has 1 saturated carbocycles. The van der Waals surface area contributed by atoms with Gasteiger partial charge >= 0.3 is 0 Å². The van der Waals surface area contributed by atoms with Crippen LogP contribution in [0.3, 0.4) is 0 Å². The largest absolute Gasteiger partial charge is 0.496 e. The summed E-state index contributed by atoms with van der Waals surface area (Å²) in [7, 11) is 3.38. The highest BCUT2D eigenvalue weighted by atomic mass is 16.5. The van der Waals surface area contributed by atoms with Gasteiger partial charge < -0.3 is 15.2 Å². The van der Waals surface area contributed by atoms with Gasteiger partial charge in [0.2, 0.25) is 0 Å². The summed E-state index contributed by atoms with van der Waals surface area (Å²) in [5, 5.41) is 0. The van der Waals surface area contributed by atoms with E-state index < -0.39 is 0 Å². The summed E-state index contributed by atoms with van der Waals surface area (Å²) in [6.45, 7) is 2.04. The second-order valence-corrected chi connectivity index (χ2v) is 4.64. The Balaban J connectivity index is 2.41. The van der Waals surface area contributed by atoms with Crippen molar-refractivity contribution in [1.29, 1.82) is 0 Å². The first-order valence-electron chi connectivity index (χ1n) is 5.59. The molecule has 0 saturated heterocycles. The normalized spacial score (nSPS) is 17.0. The SMILES string of the molecule is COc1ccc(C)c(OC)c1CC1(N)CC1. The lowest BCUT2D eigenvalue weighted by Gasteiger charge is -2.18. The highest BCUT2D eigenvalue weighted by Gasteiger charge is 2.39. The van der Waals surface area contributed by atoms with Crippen LogP contribution in [-0.4, -0.2) is 19.8 Å². The van der Waals surface area contributed by atoms with Gasteiger partial charge in [-0.3, -0.25) is 0 Å². The third-order valence-corrected chi connectivity index (χ3v) is 3.26. The first-order chi connectivity index (χ1) is 7.59. The summed E-state index contributed by atoms with van der Waals surface area (Å²) in [4.78, 5) is 0. The van der Waals surface area contributed by atoms with Crippen molar-refractivity contribution in [3.63, 3.8) is 0 Å². The Hall–Kier alpha value is -1.22. The maximum atomic E-state index is 6.16. The average molecular weight is 221 g/mol. The molecule has 1 aliphatic carbocycles. The molecule has 0 unspecified atom stereocenters. The lowest BCUT2D eigenvalue weighted by atomic mass is 10.00. The number of hydrogen-bond donors (Lipinski definition) is 1. The number of hydrogen-bond acceptors (Lipinski definition) is 3. The number of aryl methyl sites for hydroxylation is 1. The van der Waals surface area contributed by atoms with Gasteiger partial charge in [0.1, 0.15) is 11.5 Å². The smallest absolute Gasteiger partial charge is 0.128 e. The van der Waals surface area contributed by atoms with Gasteiger partial charge in [0.25, 0.3) is 0 Å². The zero-order chi connectivity index (χ0) is 11.8. The first-order valence-corrected chi connectivity index (χ1v) is 5.59. The third-order valence-electron chi connectivity index (χ3n) is 3.26. The summed E-state index contributed by atoms with van der Waals surface area (Å²) >= 11 is 0. The van der Waals surface area contributed by atoms with Crippen LogP contribution in [0.2, 0.25) is 0 Å². The fourth-order valence-electron chi connectivity index (χ4n) is 2.06. The maximum absolute atomic E-state index is 6.16. The number of methoxy groups -OCH3 is 2. The van der Waals surface area contributed by atoms with Crippen LogP contribution in [0.1, 0.15) is 24.0 Å². The van der Waals surface area contributed by atoms with Gasteiger partial charge in [0.15, 0.2) is 0 Å². The van der Waals surface area contributed by atoms with Gasteiger partial charge in [0.05, 0.1) is 14.2 Å². The molecule has 0 aromatic heterocycles. The Bertz CT molecular complexity index is 397. The van der Waals surface area contributed by atoms with E-state index in [2.05, 4.69) is 0 Å². The first kappa shape index (κ1) is 11.3. The number of benzene rings is 1. The molecule has 3 nitrogen and oxygen atoms in total. The van der Waals surface area contributed by atoms with Gasteiger partial charge in [-0.1, -0.05) is 6.07 Å². The molecule has 3 heteroatoms. The number of rotatable bonds is 4. The number of ether oxygens (including phenoxy) is 2. The van der Waals surface area contributed by atoms with E-state index in [4.69, 9.17) is 15.2 Å². The molecule has 1 fully saturated rings. The predicted octanol–water partition coefficient (Wildman–Crippen LogP) is 2.05. The lowest BCUT2D eigenvalue weighted by Crippen LogP contribution is -2.25. The van der Waals surface area contributed by atoms with Crippen molar-refractivity contribution < 1.29 is 9.47 Å². The van der Waals surface area contributed by atoms with Crippen molar-refractivity contribution in [2.75, 3.05) is 14.2 Å². The quantitative estimate of drug-likeness (QED) is 0.846. The minimum Gasteiger partial charge on any atom is -0.496 e. The molecule has 2 N–H and O–H groups in total. The molecule has 1 aliphatic rings. The minimum absolute atomic E-state index is 0.0334. The zero-order valence-electron chi connectivity index (χ0n) is 10.2. The molecule has 88 valence electrons. The van der Waals surface area contributed by atoms with Crippen molar-refractivity contribution in [2.24, 2.45) is 5.73 Å². The van der Waals surface area contributed by atoms with Gasteiger partial charge in [-0.05, 0) is 37.8 Å². The van der Waals surface area contributed by atoms with Crippen molar-refractivity contribution >= 4 is 0 Å².